The lowest BCUT2D eigenvalue weighted by Gasteiger charge is -2.40. The third-order valence-corrected chi connectivity index (χ3v) is 12.9. The predicted molar refractivity (Wildman–Crippen MR) is 272 cm³/mol. The quantitative estimate of drug-likeness (QED) is 0.0261. The van der Waals surface area contributed by atoms with Crippen LogP contribution in [-0.2, 0) is 14.3 Å². The number of carbonyl (C=O) groups excluding carboxylic acids is 1. The lowest BCUT2D eigenvalue weighted by Crippen LogP contribution is -2.60. The fourth-order valence-electron chi connectivity index (χ4n) is 8.50. The molecule has 0 saturated carbocycles. The van der Waals surface area contributed by atoms with E-state index < -0.39 is 49.5 Å². The maximum atomic E-state index is 13.0. The van der Waals surface area contributed by atoms with Crippen molar-refractivity contribution in [1.82, 2.24) is 5.32 Å². The maximum Gasteiger partial charge on any atom is 0.220 e. The Bertz CT molecular complexity index is 1160. The molecule has 1 heterocycles. The molecule has 1 aliphatic heterocycles. The Kier molecular flexibility index (Phi) is 43.2. The van der Waals surface area contributed by atoms with E-state index in [-0.39, 0.29) is 12.5 Å². The molecule has 7 unspecified atom stereocenters. The minimum absolute atomic E-state index is 0.188. The van der Waals surface area contributed by atoms with Gasteiger partial charge in [0.1, 0.15) is 24.4 Å². The molecule has 9 heteroatoms. The molecular weight excluding hydrogens is 815 g/mol. The Morgan fingerprint density at radius 2 is 0.923 bits per heavy atom. The number of hydrogen-bond acceptors (Lipinski definition) is 8. The zero-order valence-electron chi connectivity index (χ0n) is 42.0. The Balaban J connectivity index is 2.19. The molecule has 0 aliphatic carbocycles. The normalized spacial score (nSPS) is 20.3. The highest BCUT2D eigenvalue weighted by Crippen LogP contribution is 2.23. The lowest BCUT2D eigenvalue weighted by molar-refractivity contribution is -0.302. The molecule has 0 aromatic heterocycles. The number of nitrogens with one attached hydrogen (secondary N) is 1. The Labute approximate surface area is 399 Å². The number of aliphatic hydroxyl groups excluding tert-OH is 5. The topological polar surface area (TPSA) is 149 Å². The van der Waals surface area contributed by atoms with Crippen molar-refractivity contribution >= 4 is 5.91 Å². The van der Waals surface area contributed by atoms with Crippen LogP contribution in [0.25, 0.3) is 0 Å². The number of allylic oxidation sites excluding steroid dienone is 7. The van der Waals surface area contributed by atoms with Crippen molar-refractivity contribution in [2.75, 3.05) is 13.2 Å². The largest absolute Gasteiger partial charge is 0.394 e. The van der Waals surface area contributed by atoms with Gasteiger partial charge in [0.05, 0.1) is 25.4 Å². The number of unbranched alkanes of at least 4 members (excludes halogenated alkanes) is 30. The standard InChI is InChI=1S/C56H103NO8/c1-3-5-7-9-11-13-15-17-18-19-20-21-22-23-24-25-26-27-28-29-30-31-32-34-36-38-40-42-44-46-52(60)57-49(48-64-56-55(63)54(62)53(61)51(47-58)65-56)50(59)45-43-41-39-37-35-33-16-14-12-10-8-6-4-2/h20-21,23-24,35,37,43,45,49-51,53-56,58-59,61-63H,3-19,22,25-34,36,38-42,44,46-48H2,1-2H3,(H,57,60)/b21-20-,24-23-,37-35+,45-43+. The van der Waals surface area contributed by atoms with Crippen LogP contribution in [0.4, 0.5) is 0 Å². The van der Waals surface area contributed by atoms with Gasteiger partial charge in [0, 0.05) is 6.42 Å². The van der Waals surface area contributed by atoms with Crippen LogP contribution < -0.4 is 5.32 Å². The van der Waals surface area contributed by atoms with Gasteiger partial charge in [-0.1, -0.05) is 223 Å². The predicted octanol–water partition coefficient (Wildman–Crippen LogP) is 13.0. The van der Waals surface area contributed by atoms with Gasteiger partial charge >= 0.3 is 0 Å². The van der Waals surface area contributed by atoms with Gasteiger partial charge in [-0.2, -0.15) is 0 Å². The summed E-state index contributed by atoms with van der Waals surface area (Å²) in [7, 11) is 0. The molecule has 0 bridgehead atoms. The van der Waals surface area contributed by atoms with Crippen LogP contribution in [0.3, 0.4) is 0 Å². The van der Waals surface area contributed by atoms with Crippen molar-refractivity contribution in [3.63, 3.8) is 0 Å². The average Bonchev–Trinajstić information content (AvgIpc) is 3.31. The van der Waals surface area contributed by atoms with Crippen LogP contribution in [0.5, 0.6) is 0 Å². The Hall–Kier alpha value is -1.85. The third kappa shape index (κ3) is 35.9. The first-order chi connectivity index (χ1) is 31.8. The van der Waals surface area contributed by atoms with Crippen LogP contribution in [0.15, 0.2) is 48.6 Å². The van der Waals surface area contributed by atoms with Crippen molar-refractivity contribution < 1.29 is 39.8 Å². The molecule has 0 aromatic rings. The van der Waals surface area contributed by atoms with Crippen molar-refractivity contribution in [3.05, 3.63) is 48.6 Å². The monoisotopic (exact) mass is 918 g/mol. The summed E-state index contributed by atoms with van der Waals surface area (Å²) in [6.07, 6.45) is 53.2. The molecule has 1 aliphatic rings. The maximum absolute atomic E-state index is 13.0. The molecule has 1 fully saturated rings. The smallest absolute Gasteiger partial charge is 0.220 e. The molecule has 6 N–H and O–H groups in total. The summed E-state index contributed by atoms with van der Waals surface area (Å²) in [6, 6.07) is -0.822. The van der Waals surface area contributed by atoms with Gasteiger partial charge in [0.25, 0.3) is 0 Å². The van der Waals surface area contributed by atoms with Crippen LogP contribution in [0.2, 0.25) is 0 Å². The van der Waals surface area contributed by atoms with Crippen LogP contribution >= 0.6 is 0 Å². The second kappa shape index (κ2) is 45.9. The van der Waals surface area contributed by atoms with Gasteiger partial charge in [-0.05, 0) is 64.2 Å². The summed E-state index contributed by atoms with van der Waals surface area (Å²) in [5.41, 5.74) is 0. The molecule has 1 saturated heterocycles. The number of amides is 1. The van der Waals surface area contributed by atoms with E-state index in [1.807, 2.05) is 6.08 Å². The molecule has 0 spiro atoms. The Morgan fingerprint density at radius 3 is 1.38 bits per heavy atom. The number of aliphatic hydroxyl groups is 5. The molecule has 7 atom stereocenters. The van der Waals surface area contributed by atoms with E-state index >= 15 is 0 Å². The molecule has 9 nitrogen and oxygen atoms in total. The van der Waals surface area contributed by atoms with Crippen molar-refractivity contribution in [1.29, 1.82) is 0 Å². The molecular formula is C56H103NO8. The highest BCUT2D eigenvalue weighted by Gasteiger charge is 2.44. The van der Waals surface area contributed by atoms with Gasteiger partial charge in [0.2, 0.25) is 5.91 Å². The SMILES string of the molecule is CCCCCCCCC/C=C/CC/C=C/C(O)C(COC1OC(CO)C(O)C(O)C1O)NC(=O)CCCCCCCCCCCCCCC/C=C\C/C=C\CCCCCCCCCCC. The summed E-state index contributed by atoms with van der Waals surface area (Å²) in [4.78, 5) is 13.0. The number of hydrogen-bond donors (Lipinski definition) is 6. The third-order valence-electron chi connectivity index (χ3n) is 12.9. The van der Waals surface area contributed by atoms with Gasteiger partial charge in [-0.25, -0.2) is 0 Å². The highest BCUT2D eigenvalue weighted by atomic mass is 16.7. The Morgan fingerprint density at radius 1 is 0.523 bits per heavy atom. The van der Waals surface area contributed by atoms with Crippen molar-refractivity contribution in [2.24, 2.45) is 0 Å². The summed E-state index contributed by atoms with van der Waals surface area (Å²) >= 11 is 0. The van der Waals surface area contributed by atoms with Crippen molar-refractivity contribution in [2.45, 2.75) is 288 Å². The minimum atomic E-state index is -1.57. The van der Waals surface area contributed by atoms with E-state index in [0.717, 1.165) is 44.9 Å². The minimum Gasteiger partial charge on any atom is -0.394 e. The molecule has 1 rings (SSSR count). The fourth-order valence-corrected chi connectivity index (χ4v) is 8.50. The zero-order chi connectivity index (χ0) is 47.3. The first-order valence-electron chi connectivity index (χ1n) is 27.4. The van der Waals surface area contributed by atoms with Gasteiger partial charge in [-0.15, -0.1) is 0 Å². The molecule has 1 amide bonds. The van der Waals surface area contributed by atoms with E-state index in [2.05, 4.69) is 55.6 Å². The van der Waals surface area contributed by atoms with E-state index in [0.29, 0.717) is 6.42 Å². The van der Waals surface area contributed by atoms with Crippen LogP contribution in [0, 0.1) is 0 Å². The van der Waals surface area contributed by atoms with Crippen molar-refractivity contribution in [3.8, 4) is 0 Å². The second-order valence-corrected chi connectivity index (χ2v) is 19.0. The zero-order valence-corrected chi connectivity index (χ0v) is 42.0. The van der Waals surface area contributed by atoms with Crippen LogP contribution in [0.1, 0.15) is 245 Å². The highest BCUT2D eigenvalue weighted by molar-refractivity contribution is 5.76. The van der Waals surface area contributed by atoms with Crippen LogP contribution in [-0.4, -0.2) is 87.5 Å². The summed E-state index contributed by atoms with van der Waals surface area (Å²) in [6.45, 7) is 3.75. The number of ether oxygens (including phenoxy) is 2. The van der Waals surface area contributed by atoms with Gasteiger partial charge in [0.15, 0.2) is 6.29 Å². The van der Waals surface area contributed by atoms with Gasteiger partial charge < -0.3 is 40.3 Å². The molecule has 0 aromatic carbocycles. The first-order valence-corrected chi connectivity index (χ1v) is 27.4. The van der Waals surface area contributed by atoms with E-state index in [1.165, 1.54) is 180 Å². The van der Waals surface area contributed by atoms with E-state index in [9.17, 15) is 30.3 Å². The first kappa shape index (κ1) is 61.2. The summed E-state index contributed by atoms with van der Waals surface area (Å²) < 4.78 is 11.2. The lowest BCUT2D eigenvalue weighted by atomic mass is 9.99. The van der Waals surface area contributed by atoms with E-state index in [4.69, 9.17) is 9.47 Å². The number of rotatable bonds is 46. The summed E-state index contributed by atoms with van der Waals surface area (Å²) in [5, 5.41) is 54.3. The summed E-state index contributed by atoms with van der Waals surface area (Å²) in [5.74, 6) is -0.188. The fraction of sp³-hybridized carbons (Fsp3) is 0.839. The molecule has 65 heavy (non-hydrogen) atoms. The van der Waals surface area contributed by atoms with Gasteiger partial charge in [-0.3, -0.25) is 4.79 Å². The number of carbonyl (C=O) groups is 1. The molecule has 380 valence electrons. The molecule has 0 radical (unpaired) electrons. The second-order valence-electron chi connectivity index (χ2n) is 19.0. The average molecular weight is 918 g/mol. The van der Waals surface area contributed by atoms with E-state index in [1.54, 1.807) is 6.08 Å².